The summed E-state index contributed by atoms with van der Waals surface area (Å²) < 4.78 is 16.9. The lowest BCUT2D eigenvalue weighted by atomic mass is 10.3. The van der Waals surface area contributed by atoms with Crippen LogP contribution in [0.15, 0.2) is 17.1 Å². The Hall–Kier alpha value is -1.10. The zero-order valence-electron chi connectivity index (χ0n) is 10.5. The first kappa shape index (κ1) is 14.0. The Kier molecular flexibility index (Phi) is 5.41. The normalized spacial score (nSPS) is 12.7. The number of pyridine rings is 1. The minimum absolute atomic E-state index is 0.0921. The van der Waals surface area contributed by atoms with Crippen molar-refractivity contribution in [3.63, 3.8) is 0 Å². The molecule has 0 aliphatic heterocycles. The minimum atomic E-state index is -0.954. The van der Waals surface area contributed by atoms with Crippen LogP contribution in [-0.2, 0) is 16.6 Å². The fourth-order valence-corrected chi connectivity index (χ4v) is 2.04. The maximum Gasteiger partial charge on any atom is 0.223 e. The van der Waals surface area contributed by atoms with Gasteiger partial charge in [-0.25, -0.2) is 0 Å². The van der Waals surface area contributed by atoms with Gasteiger partial charge in [0, 0.05) is 34.0 Å². The molecule has 1 aromatic heterocycles. The van der Waals surface area contributed by atoms with Crippen molar-refractivity contribution < 1.29 is 8.95 Å². The first-order chi connectivity index (χ1) is 8.04. The summed E-state index contributed by atoms with van der Waals surface area (Å²) in [7, 11) is -0.954. The minimum Gasteiger partial charge on any atom is -0.488 e. The number of hydrogen-bond acceptors (Lipinski definition) is 3. The molecule has 0 amide bonds. The second-order valence-corrected chi connectivity index (χ2v) is 6.10. The number of H-pyrrole nitrogens is 1. The first-order valence-corrected chi connectivity index (χ1v) is 7.14. The van der Waals surface area contributed by atoms with Gasteiger partial charge in [-0.15, -0.1) is 0 Å². The number of aromatic nitrogens is 1. The summed E-state index contributed by atoms with van der Waals surface area (Å²) in [6, 6.07) is 1.46. The number of rotatable bonds is 6. The van der Waals surface area contributed by atoms with E-state index in [9.17, 15) is 9.00 Å². The highest BCUT2D eigenvalue weighted by Crippen LogP contribution is 2.06. The third-order valence-electron chi connectivity index (χ3n) is 2.22. The van der Waals surface area contributed by atoms with Gasteiger partial charge in [0.15, 0.2) is 5.75 Å². The second-order valence-electron chi connectivity index (χ2n) is 4.11. The maximum absolute atomic E-state index is 11.7. The molecule has 1 rings (SSSR count). The zero-order valence-corrected chi connectivity index (χ0v) is 11.3. The molecule has 0 fully saturated rings. The van der Waals surface area contributed by atoms with Gasteiger partial charge in [0.1, 0.15) is 0 Å². The lowest BCUT2D eigenvalue weighted by Gasteiger charge is -2.07. The summed E-state index contributed by atoms with van der Waals surface area (Å²) in [5.74, 6) is 0.701. The maximum atomic E-state index is 11.7. The predicted molar refractivity (Wildman–Crippen MR) is 69.8 cm³/mol. The van der Waals surface area contributed by atoms with Crippen molar-refractivity contribution in [3.8, 4) is 5.75 Å². The lowest BCUT2D eigenvalue weighted by molar-refractivity contribution is 0.313. The highest BCUT2D eigenvalue weighted by atomic mass is 32.2. The molecule has 1 heterocycles. The van der Waals surface area contributed by atoms with Crippen molar-refractivity contribution in [2.75, 3.05) is 6.61 Å². The van der Waals surface area contributed by atoms with E-state index in [-0.39, 0.29) is 10.7 Å². The van der Waals surface area contributed by atoms with Crippen LogP contribution in [0.5, 0.6) is 5.75 Å². The lowest BCUT2D eigenvalue weighted by Crippen LogP contribution is -2.13. The summed E-state index contributed by atoms with van der Waals surface area (Å²) in [4.78, 5) is 14.6. The van der Waals surface area contributed by atoms with E-state index in [4.69, 9.17) is 4.74 Å². The van der Waals surface area contributed by atoms with E-state index in [0.717, 1.165) is 6.42 Å². The molecule has 0 spiro atoms. The molecule has 0 saturated carbocycles. The van der Waals surface area contributed by atoms with Gasteiger partial charge < -0.3 is 9.72 Å². The summed E-state index contributed by atoms with van der Waals surface area (Å²) in [6.45, 7) is 6.30. The van der Waals surface area contributed by atoms with Gasteiger partial charge in [-0.3, -0.25) is 9.00 Å². The highest BCUT2D eigenvalue weighted by Gasteiger charge is 2.08. The Morgan fingerprint density at radius 3 is 2.71 bits per heavy atom. The van der Waals surface area contributed by atoms with Gasteiger partial charge in [0.2, 0.25) is 5.43 Å². The molecule has 0 bridgehead atoms. The number of aromatic amines is 1. The van der Waals surface area contributed by atoms with E-state index >= 15 is 0 Å². The Balaban J connectivity index is 2.75. The molecule has 0 radical (unpaired) electrons. The smallest absolute Gasteiger partial charge is 0.223 e. The summed E-state index contributed by atoms with van der Waals surface area (Å²) in [5.41, 5.74) is 0.527. The summed E-state index contributed by atoms with van der Waals surface area (Å²) >= 11 is 0. The molecule has 1 unspecified atom stereocenters. The van der Waals surface area contributed by atoms with Gasteiger partial charge in [-0.2, -0.15) is 0 Å². The van der Waals surface area contributed by atoms with Gasteiger partial charge in [-0.05, 0) is 6.42 Å². The molecule has 0 saturated heterocycles. The fraction of sp³-hybridized carbons (Fsp3) is 0.583. The van der Waals surface area contributed by atoms with E-state index in [1.807, 2.05) is 20.8 Å². The van der Waals surface area contributed by atoms with Crippen LogP contribution in [0.2, 0.25) is 0 Å². The van der Waals surface area contributed by atoms with Crippen molar-refractivity contribution in [1.29, 1.82) is 0 Å². The molecule has 0 aromatic carbocycles. The average molecular weight is 257 g/mol. The number of nitrogens with one attached hydrogen (secondary N) is 1. The predicted octanol–water partition coefficient (Wildman–Crippen LogP) is 1.82. The third kappa shape index (κ3) is 4.34. The van der Waals surface area contributed by atoms with Crippen LogP contribution in [0.3, 0.4) is 0 Å². The largest absolute Gasteiger partial charge is 0.488 e. The highest BCUT2D eigenvalue weighted by molar-refractivity contribution is 7.84. The van der Waals surface area contributed by atoms with Crippen molar-refractivity contribution in [3.05, 3.63) is 28.2 Å². The Bertz CT molecular complexity index is 440. The Labute approximate surface area is 104 Å². The molecule has 1 aromatic rings. The van der Waals surface area contributed by atoms with Crippen LogP contribution >= 0.6 is 0 Å². The topological polar surface area (TPSA) is 59.2 Å². The van der Waals surface area contributed by atoms with Gasteiger partial charge in [0.25, 0.3) is 0 Å². The Morgan fingerprint density at radius 2 is 2.18 bits per heavy atom. The van der Waals surface area contributed by atoms with Crippen LogP contribution in [0, 0.1) is 0 Å². The van der Waals surface area contributed by atoms with Gasteiger partial charge >= 0.3 is 0 Å². The molecule has 0 aliphatic rings. The van der Waals surface area contributed by atoms with Crippen LogP contribution < -0.4 is 10.2 Å². The molecule has 5 heteroatoms. The molecule has 0 aliphatic carbocycles. The fourth-order valence-electron chi connectivity index (χ4n) is 1.23. The zero-order chi connectivity index (χ0) is 12.8. The molecule has 17 heavy (non-hydrogen) atoms. The third-order valence-corrected chi connectivity index (χ3v) is 3.87. The van der Waals surface area contributed by atoms with E-state index < -0.39 is 10.8 Å². The Morgan fingerprint density at radius 1 is 1.47 bits per heavy atom. The summed E-state index contributed by atoms with van der Waals surface area (Å²) in [5, 5.41) is 0.0921. The monoisotopic (exact) mass is 257 g/mol. The number of hydrogen-bond donors (Lipinski definition) is 1. The number of ether oxygens (including phenoxy) is 1. The standard InChI is InChI=1S/C12H19NO3S/c1-4-5-16-12-7-13-10(6-11(12)14)8-17(15)9(2)3/h6-7,9H,4-5,8H2,1-3H3,(H,13,14). The average Bonchev–Trinajstić information content (AvgIpc) is 2.28. The van der Waals surface area contributed by atoms with E-state index in [1.54, 1.807) is 6.20 Å². The van der Waals surface area contributed by atoms with Crippen LogP contribution in [0.4, 0.5) is 0 Å². The van der Waals surface area contributed by atoms with Crippen LogP contribution in [0.25, 0.3) is 0 Å². The van der Waals surface area contributed by atoms with Crippen molar-refractivity contribution in [1.82, 2.24) is 4.98 Å². The molecule has 1 N–H and O–H groups in total. The summed E-state index contributed by atoms with van der Waals surface area (Å²) in [6.07, 6.45) is 2.41. The van der Waals surface area contributed by atoms with Crippen molar-refractivity contribution >= 4 is 10.8 Å². The SMILES string of the molecule is CCCOc1c[nH]c(CS(=O)C(C)C)cc1=O. The molecule has 96 valence electrons. The first-order valence-electron chi connectivity index (χ1n) is 5.76. The van der Waals surface area contributed by atoms with Crippen molar-refractivity contribution in [2.45, 2.75) is 38.2 Å². The van der Waals surface area contributed by atoms with Gasteiger partial charge in [0.05, 0.1) is 12.4 Å². The van der Waals surface area contributed by atoms with Crippen LogP contribution in [-0.4, -0.2) is 21.0 Å². The van der Waals surface area contributed by atoms with Crippen molar-refractivity contribution in [2.24, 2.45) is 0 Å². The second kappa shape index (κ2) is 6.59. The van der Waals surface area contributed by atoms with Crippen LogP contribution in [0.1, 0.15) is 32.9 Å². The molecule has 1 atom stereocenters. The van der Waals surface area contributed by atoms with E-state index in [1.165, 1.54) is 6.07 Å². The molecular weight excluding hydrogens is 238 g/mol. The van der Waals surface area contributed by atoms with Gasteiger partial charge in [-0.1, -0.05) is 20.8 Å². The molecule has 4 nitrogen and oxygen atoms in total. The molecular formula is C12H19NO3S. The quantitative estimate of drug-likeness (QED) is 0.845. The van der Waals surface area contributed by atoms with E-state index in [0.29, 0.717) is 23.8 Å². The van der Waals surface area contributed by atoms with E-state index in [2.05, 4.69) is 4.98 Å².